The van der Waals surface area contributed by atoms with Gasteiger partial charge in [-0.2, -0.15) is 0 Å². The summed E-state index contributed by atoms with van der Waals surface area (Å²) in [5, 5.41) is 15.6. The molecule has 1 atom stereocenters. The molecule has 0 bridgehead atoms. The second-order valence-electron chi connectivity index (χ2n) is 6.24. The van der Waals surface area contributed by atoms with Crippen LogP contribution < -0.4 is 10.6 Å². The molecule has 0 saturated carbocycles. The molecule has 1 fully saturated rings. The Hall–Kier alpha value is -1.70. The monoisotopic (exact) mass is 348 g/mol. The maximum Gasteiger partial charge on any atom is 0.319 e. The summed E-state index contributed by atoms with van der Waals surface area (Å²) < 4.78 is 1.09. The zero-order valence-electron chi connectivity index (χ0n) is 13.7. The summed E-state index contributed by atoms with van der Waals surface area (Å²) in [5.41, 5.74) is 3.36. The van der Waals surface area contributed by atoms with Crippen molar-refractivity contribution in [2.45, 2.75) is 31.8 Å². The number of aromatic nitrogens is 1. The van der Waals surface area contributed by atoms with Gasteiger partial charge in [-0.15, -0.1) is 11.3 Å². The van der Waals surface area contributed by atoms with E-state index < -0.39 is 6.10 Å². The number of urea groups is 1. The van der Waals surface area contributed by atoms with Gasteiger partial charge in [0.25, 0.3) is 0 Å². The first kappa shape index (κ1) is 17.1. The molecule has 1 aliphatic rings. The Morgan fingerprint density at radius 2 is 2.08 bits per heavy atom. The molecule has 0 unspecified atom stereocenters. The fourth-order valence-electron chi connectivity index (χ4n) is 3.00. The molecule has 3 N–H and O–H groups in total. The summed E-state index contributed by atoms with van der Waals surface area (Å²) in [7, 11) is 0. The number of anilines is 1. The normalized spacial score (nSPS) is 17.4. The number of fused-ring (bicyclic) bond motifs is 1. The molecule has 1 saturated heterocycles. The molecule has 1 aromatic carbocycles. The lowest BCUT2D eigenvalue weighted by Gasteiger charge is -2.23. The van der Waals surface area contributed by atoms with Crippen molar-refractivity contribution in [3.63, 3.8) is 0 Å². The first-order valence-corrected chi connectivity index (χ1v) is 9.37. The highest BCUT2D eigenvalue weighted by molar-refractivity contribution is 7.16. The molecule has 1 aromatic heterocycles. The van der Waals surface area contributed by atoms with E-state index in [1.807, 2.05) is 18.2 Å². The molecule has 130 valence electrons. The lowest BCUT2D eigenvalue weighted by molar-refractivity contribution is 0.115. The van der Waals surface area contributed by atoms with Crippen molar-refractivity contribution in [2.24, 2.45) is 0 Å². The smallest absolute Gasteiger partial charge is 0.319 e. The third-order valence-corrected chi connectivity index (χ3v) is 5.06. The summed E-state index contributed by atoms with van der Waals surface area (Å²) in [4.78, 5) is 18.5. The summed E-state index contributed by atoms with van der Waals surface area (Å²) in [5.74, 6) is 0. The summed E-state index contributed by atoms with van der Waals surface area (Å²) in [6.45, 7) is 2.94. The average molecular weight is 348 g/mol. The number of thiazole rings is 1. The van der Waals surface area contributed by atoms with Gasteiger partial charge in [0.1, 0.15) is 0 Å². The van der Waals surface area contributed by atoms with Crippen LogP contribution in [0, 0.1) is 0 Å². The molecule has 0 radical (unpaired) electrons. The van der Waals surface area contributed by atoms with Gasteiger partial charge in [0.05, 0.1) is 21.8 Å². The van der Waals surface area contributed by atoms with Crippen LogP contribution in [0.15, 0.2) is 23.7 Å². The third kappa shape index (κ3) is 4.90. The number of aliphatic hydroxyl groups is 1. The Bertz CT molecular complexity index is 667. The van der Waals surface area contributed by atoms with Crippen LogP contribution in [-0.4, -0.2) is 53.3 Å². The molecule has 2 aromatic rings. The number of nitrogens with zero attached hydrogens (tertiary/aromatic N) is 2. The zero-order chi connectivity index (χ0) is 16.8. The summed E-state index contributed by atoms with van der Waals surface area (Å²) in [6, 6.07) is 5.34. The van der Waals surface area contributed by atoms with Gasteiger partial charge >= 0.3 is 6.03 Å². The minimum Gasteiger partial charge on any atom is -0.390 e. The maximum absolute atomic E-state index is 12.0. The second kappa shape index (κ2) is 8.41. The zero-order valence-corrected chi connectivity index (χ0v) is 14.5. The van der Waals surface area contributed by atoms with Crippen molar-refractivity contribution in [1.82, 2.24) is 15.2 Å². The van der Waals surface area contributed by atoms with Gasteiger partial charge in [0.2, 0.25) is 0 Å². The number of benzene rings is 1. The molecular weight excluding hydrogens is 324 g/mol. The van der Waals surface area contributed by atoms with Crippen LogP contribution in [0.5, 0.6) is 0 Å². The van der Waals surface area contributed by atoms with Gasteiger partial charge in [0, 0.05) is 18.8 Å². The molecular formula is C17H24N4O2S. The largest absolute Gasteiger partial charge is 0.390 e. The highest BCUT2D eigenvalue weighted by Gasteiger charge is 2.14. The minimum atomic E-state index is -0.546. The summed E-state index contributed by atoms with van der Waals surface area (Å²) >= 11 is 1.57. The molecule has 1 aliphatic heterocycles. The van der Waals surface area contributed by atoms with Gasteiger partial charge in [-0.25, -0.2) is 9.78 Å². The van der Waals surface area contributed by atoms with E-state index >= 15 is 0 Å². The van der Waals surface area contributed by atoms with E-state index in [1.165, 1.54) is 25.7 Å². The van der Waals surface area contributed by atoms with E-state index in [2.05, 4.69) is 20.5 Å². The SMILES string of the molecule is O=C(NC[C@@H](O)CN1CCCCCC1)Nc1ccc2scnc2c1. The predicted molar refractivity (Wildman–Crippen MR) is 97.6 cm³/mol. The number of nitrogens with one attached hydrogen (secondary N) is 2. The Morgan fingerprint density at radius 1 is 1.29 bits per heavy atom. The Kier molecular flexibility index (Phi) is 6.01. The minimum absolute atomic E-state index is 0.251. The maximum atomic E-state index is 12.0. The highest BCUT2D eigenvalue weighted by Crippen LogP contribution is 2.21. The standard InChI is InChI=1S/C17H24N4O2S/c22-14(11-21-7-3-1-2-4-8-21)10-18-17(23)20-13-5-6-16-15(9-13)19-12-24-16/h5-6,9,12,14,22H,1-4,7-8,10-11H2,(H2,18,20,23)/t14-/m1/s1. The number of β-amino-alcohol motifs (C(OH)–C–C–N with tert-alkyl or cyclic N) is 1. The van der Waals surface area contributed by atoms with E-state index in [0.29, 0.717) is 12.2 Å². The first-order chi connectivity index (χ1) is 11.7. The third-order valence-electron chi connectivity index (χ3n) is 4.25. The van der Waals surface area contributed by atoms with E-state index in [4.69, 9.17) is 0 Å². The van der Waals surface area contributed by atoms with Gasteiger partial charge in [-0.05, 0) is 44.1 Å². The lowest BCUT2D eigenvalue weighted by atomic mass is 10.2. The highest BCUT2D eigenvalue weighted by atomic mass is 32.1. The Morgan fingerprint density at radius 3 is 2.88 bits per heavy atom. The van der Waals surface area contributed by atoms with Gasteiger partial charge in [0.15, 0.2) is 0 Å². The van der Waals surface area contributed by atoms with Crippen LogP contribution in [0.25, 0.3) is 10.2 Å². The van der Waals surface area contributed by atoms with Crippen LogP contribution in [-0.2, 0) is 0 Å². The van der Waals surface area contributed by atoms with E-state index in [1.54, 1.807) is 16.8 Å². The quantitative estimate of drug-likeness (QED) is 0.776. The first-order valence-electron chi connectivity index (χ1n) is 8.49. The van der Waals surface area contributed by atoms with E-state index in [-0.39, 0.29) is 12.6 Å². The molecule has 2 heterocycles. The fourth-order valence-corrected chi connectivity index (χ4v) is 3.66. The van der Waals surface area contributed by atoms with Crippen LogP contribution in [0.1, 0.15) is 25.7 Å². The number of carbonyl (C=O) groups excluding carboxylic acids is 1. The van der Waals surface area contributed by atoms with Crippen molar-refractivity contribution < 1.29 is 9.90 Å². The van der Waals surface area contributed by atoms with Crippen molar-refractivity contribution in [3.05, 3.63) is 23.7 Å². The molecule has 24 heavy (non-hydrogen) atoms. The number of hydrogen-bond donors (Lipinski definition) is 3. The van der Waals surface area contributed by atoms with Crippen LogP contribution in [0.4, 0.5) is 10.5 Å². The molecule has 0 spiro atoms. The molecule has 6 nitrogen and oxygen atoms in total. The van der Waals surface area contributed by atoms with Gasteiger partial charge in [-0.1, -0.05) is 12.8 Å². The number of carbonyl (C=O) groups is 1. The molecule has 7 heteroatoms. The average Bonchev–Trinajstić information content (AvgIpc) is 2.88. The van der Waals surface area contributed by atoms with E-state index in [0.717, 1.165) is 23.3 Å². The van der Waals surface area contributed by atoms with Gasteiger partial charge in [-0.3, -0.25) is 0 Å². The summed E-state index contributed by atoms with van der Waals surface area (Å²) in [6.07, 6.45) is 4.39. The Balaban J connectivity index is 1.42. The number of hydrogen-bond acceptors (Lipinski definition) is 5. The van der Waals surface area contributed by atoms with Crippen molar-refractivity contribution in [1.29, 1.82) is 0 Å². The van der Waals surface area contributed by atoms with Crippen molar-refractivity contribution in [2.75, 3.05) is 31.5 Å². The topological polar surface area (TPSA) is 77.5 Å². The number of amides is 2. The lowest BCUT2D eigenvalue weighted by Crippen LogP contribution is -2.41. The predicted octanol–water partition coefficient (Wildman–Crippen LogP) is 2.65. The van der Waals surface area contributed by atoms with E-state index in [9.17, 15) is 9.90 Å². The second-order valence-corrected chi connectivity index (χ2v) is 7.12. The fraction of sp³-hybridized carbons (Fsp3) is 0.529. The Labute approximate surface area is 145 Å². The number of likely N-dealkylation sites (tertiary alicyclic amines) is 1. The van der Waals surface area contributed by atoms with Gasteiger partial charge < -0.3 is 20.6 Å². The van der Waals surface area contributed by atoms with Crippen LogP contribution in [0.2, 0.25) is 0 Å². The van der Waals surface area contributed by atoms with Crippen molar-refractivity contribution >= 4 is 33.3 Å². The molecule has 3 rings (SSSR count). The van der Waals surface area contributed by atoms with Crippen LogP contribution in [0.3, 0.4) is 0 Å². The number of aliphatic hydroxyl groups excluding tert-OH is 1. The molecule has 2 amide bonds. The number of rotatable bonds is 5. The van der Waals surface area contributed by atoms with Crippen LogP contribution >= 0.6 is 11.3 Å². The molecule has 0 aliphatic carbocycles. The van der Waals surface area contributed by atoms with Crippen molar-refractivity contribution in [3.8, 4) is 0 Å².